The molecule has 7 heteroatoms. The van der Waals surface area contributed by atoms with Crippen LogP contribution in [0, 0.1) is 0 Å². The van der Waals surface area contributed by atoms with Gasteiger partial charge in [0.05, 0.1) is 7.11 Å². The molecular weight excluding hydrogens is 370 g/mol. The van der Waals surface area contributed by atoms with E-state index in [2.05, 4.69) is 22.3 Å². The highest BCUT2D eigenvalue weighted by atomic mass is 16.5. The number of hydrogen-bond acceptors (Lipinski definition) is 6. The number of methoxy groups -OCH3 is 1. The van der Waals surface area contributed by atoms with Crippen LogP contribution in [0.25, 0.3) is 0 Å². The van der Waals surface area contributed by atoms with Crippen molar-refractivity contribution < 1.29 is 18.8 Å². The van der Waals surface area contributed by atoms with Crippen LogP contribution >= 0.6 is 0 Å². The van der Waals surface area contributed by atoms with Gasteiger partial charge in [-0.2, -0.15) is 0 Å². The van der Waals surface area contributed by atoms with Crippen molar-refractivity contribution in [1.29, 1.82) is 0 Å². The van der Waals surface area contributed by atoms with E-state index in [1.807, 2.05) is 18.2 Å². The Hall–Kier alpha value is -2.54. The Bertz CT molecular complexity index is 864. The summed E-state index contributed by atoms with van der Waals surface area (Å²) in [5.41, 5.74) is 2.56. The molecule has 156 valence electrons. The first kappa shape index (κ1) is 19.8. The molecule has 0 spiro atoms. The number of fused-ring (bicyclic) bond motifs is 2. The molecule has 0 bridgehead atoms. The van der Waals surface area contributed by atoms with Crippen molar-refractivity contribution >= 4 is 5.91 Å². The fourth-order valence-electron chi connectivity index (χ4n) is 4.09. The number of amides is 1. The van der Waals surface area contributed by atoms with Gasteiger partial charge in [0, 0.05) is 43.7 Å². The van der Waals surface area contributed by atoms with Gasteiger partial charge in [-0.15, -0.1) is 0 Å². The number of aromatic nitrogens is 1. The van der Waals surface area contributed by atoms with E-state index < -0.39 is 0 Å². The molecule has 1 aromatic heterocycles. The number of benzene rings is 1. The number of rotatable bonds is 6. The van der Waals surface area contributed by atoms with Crippen molar-refractivity contribution in [3.05, 3.63) is 40.8 Å². The lowest BCUT2D eigenvalue weighted by Crippen LogP contribution is -2.38. The molecule has 1 N–H and O–H groups in total. The van der Waals surface area contributed by atoms with E-state index >= 15 is 0 Å². The summed E-state index contributed by atoms with van der Waals surface area (Å²) in [4.78, 5) is 14.9. The predicted octanol–water partition coefficient (Wildman–Crippen LogP) is 2.97. The smallest absolute Gasteiger partial charge is 0.273 e. The summed E-state index contributed by atoms with van der Waals surface area (Å²) in [5.74, 6) is 2.48. The number of carbonyl (C=O) groups is 1. The molecule has 2 aliphatic rings. The fraction of sp³-hybridized carbons (Fsp3) is 0.545. The topological polar surface area (TPSA) is 76.8 Å². The van der Waals surface area contributed by atoms with Crippen LogP contribution in [-0.2, 0) is 19.4 Å². The molecule has 0 saturated heterocycles. The van der Waals surface area contributed by atoms with Crippen molar-refractivity contribution in [1.82, 2.24) is 15.4 Å². The minimum Gasteiger partial charge on any atom is -0.497 e. The Kier molecular flexibility index (Phi) is 6.04. The van der Waals surface area contributed by atoms with Crippen molar-refractivity contribution in [3.63, 3.8) is 0 Å². The Balaban J connectivity index is 1.38. The highest BCUT2D eigenvalue weighted by Crippen LogP contribution is 2.29. The molecule has 4 rings (SSSR count). The van der Waals surface area contributed by atoms with Crippen molar-refractivity contribution in [2.45, 2.75) is 51.7 Å². The van der Waals surface area contributed by atoms with Crippen molar-refractivity contribution in [2.24, 2.45) is 0 Å². The summed E-state index contributed by atoms with van der Waals surface area (Å²) in [5, 5.41) is 7.03. The van der Waals surface area contributed by atoms with Crippen LogP contribution in [0.3, 0.4) is 0 Å². The number of carbonyl (C=O) groups excluding carboxylic acids is 1. The Morgan fingerprint density at radius 1 is 1.34 bits per heavy atom. The molecule has 29 heavy (non-hydrogen) atoms. The SMILES string of the molecule is CC[C@H]1CN(CCNC(=O)c2noc3c2CCCC3)Cc2cc(OC)ccc2O1. The van der Waals surface area contributed by atoms with Gasteiger partial charge in [0.2, 0.25) is 0 Å². The van der Waals surface area contributed by atoms with Crippen LogP contribution in [0.4, 0.5) is 0 Å². The van der Waals surface area contributed by atoms with E-state index in [1.165, 1.54) is 0 Å². The zero-order valence-corrected chi connectivity index (χ0v) is 17.2. The molecule has 0 unspecified atom stereocenters. The van der Waals surface area contributed by atoms with Gasteiger partial charge in [-0.05, 0) is 43.9 Å². The van der Waals surface area contributed by atoms with Crippen LogP contribution in [0.2, 0.25) is 0 Å². The Labute approximate surface area is 171 Å². The average Bonchev–Trinajstić information content (AvgIpc) is 3.09. The molecule has 0 fully saturated rings. The highest BCUT2D eigenvalue weighted by Gasteiger charge is 2.25. The average molecular weight is 399 g/mol. The normalized spacial score (nSPS) is 18.9. The molecular formula is C22H29N3O4. The lowest BCUT2D eigenvalue weighted by Gasteiger charge is -2.23. The van der Waals surface area contributed by atoms with Gasteiger partial charge in [-0.25, -0.2) is 0 Å². The third kappa shape index (κ3) is 4.40. The summed E-state index contributed by atoms with van der Waals surface area (Å²) in [6.45, 7) is 5.01. The lowest BCUT2D eigenvalue weighted by molar-refractivity contribution is 0.0933. The van der Waals surface area contributed by atoms with Crippen molar-refractivity contribution in [3.8, 4) is 11.5 Å². The number of nitrogens with zero attached hydrogens (tertiary/aromatic N) is 2. The zero-order chi connectivity index (χ0) is 20.2. The molecule has 1 atom stereocenters. The zero-order valence-electron chi connectivity index (χ0n) is 17.2. The van der Waals surface area contributed by atoms with Gasteiger partial charge in [0.25, 0.3) is 5.91 Å². The van der Waals surface area contributed by atoms with Gasteiger partial charge in [-0.3, -0.25) is 9.69 Å². The van der Waals surface area contributed by atoms with Crippen LogP contribution in [0.15, 0.2) is 22.7 Å². The molecule has 1 aliphatic carbocycles. The first-order valence-electron chi connectivity index (χ1n) is 10.5. The van der Waals surface area contributed by atoms with Crippen LogP contribution in [0.1, 0.15) is 53.6 Å². The molecule has 2 heterocycles. The highest BCUT2D eigenvalue weighted by molar-refractivity contribution is 5.93. The summed E-state index contributed by atoms with van der Waals surface area (Å²) in [6, 6.07) is 5.94. The Morgan fingerprint density at radius 2 is 2.21 bits per heavy atom. The molecule has 1 aliphatic heterocycles. The summed E-state index contributed by atoms with van der Waals surface area (Å²) >= 11 is 0. The lowest BCUT2D eigenvalue weighted by atomic mass is 9.96. The maximum absolute atomic E-state index is 12.6. The summed E-state index contributed by atoms with van der Waals surface area (Å²) in [7, 11) is 1.67. The summed E-state index contributed by atoms with van der Waals surface area (Å²) < 4.78 is 16.9. The molecule has 0 saturated carbocycles. The first-order valence-corrected chi connectivity index (χ1v) is 10.5. The monoisotopic (exact) mass is 399 g/mol. The number of ether oxygens (including phenoxy) is 2. The number of nitrogens with one attached hydrogen (secondary N) is 1. The maximum atomic E-state index is 12.6. The minimum absolute atomic E-state index is 0.128. The Morgan fingerprint density at radius 3 is 3.03 bits per heavy atom. The van der Waals surface area contributed by atoms with Gasteiger partial charge in [-0.1, -0.05) is 12.1 Å². The minimum atomic E-state index is -0.142. The predicted molar refractivity (Wildman–Crippen MR) is 108 cm³/mol. The van der Waals surface area contributed by atoms with Crippen LogP contribution < -0.4 is 14.8 Å². The van der Waals surface area contributed by atoms with Gasteiger partial charge < -0.3 is 19.3 Å². The van der Waals surface area contributed by atoms with E-state index in [0.29, 0.717) is 12.2 Å². The standard InChI is InChI=1S/C22H29N3O4/c1-3-16-14-25(13-15-12-17(27-2)8-9-19(15)28-16)11-10-23-22(26)21-18-6-4-5-7-20(18)29-24-21/h8-9,12,16H,3-7,10-11,13-14H2,1-2H3,(H,23,26)/t16-/m0/s1. The maximum Gasteiger partial charge on any atom is 0.273 e. The van der Waals surface area contributed by atoms with E-state index in [9.17, 15) is 4.79 Å². The molecule has 1 amide bonds. The van der Waals surface area contributed by atoms with E-state index in [0.717, 1.165) is 80.1 Å². The van der Waals surface area contributed by atoms with Crippen LogP contribution in [-0.4, -0.2) is 48.8 Å². The second-order valence-electron chi connectivity index (χ2n) is 7.75. The van der Waals surface area contributed by atoms with Crippen LogP contribution in [0.5, 0.6) is 11.5 Å². The van der Waals surface area contributed by atoms with E-state index in [1.54, 1.807) is 7.11 Å². The third-order valence-electron chi connectivity index (χ3n) is 5.75. The second-order valence-corrected chi connectivity index (χ2v) is 7.75. The van der Waals surface area contributed by atoms with Gasteiger partial charge in [0.15, 0.2) is 5.69 Å². The first-order chi connectivity index (χ1) is 14.2. The fourth-order valence-corrected chi connectivity index (χ4v) is 4.09. The van der Waals surface area contributed by atoms with E-state index in [4.69, 9.17) is 14.0 Å². The largest absolute Gasteiger partial charge is 0.497 e. The number of aryl methyl sites for hydroxylation is 1. The second kappa shape index (κ2) is 8.86. The molecule has 7 nitrogen and oxygen atoms in total. The number of hydrogen-bond donors (Lipinski definition) is 1. The third-order valence-corrected chi connectivity index (χ3v) is 5.75. The van der Waals surface area contributed by atoms with Gasteiger partial charge >= 0.3 is 0 Å². The van der Waals surface area contributed by atoms with Crippen molar-refractivity contribution in [2.75, 3.05) is 26.7 Å². The molecule has 0 radical (unpaired) electrons. The van der Waals surface area contributed by atoms with E-state index in [-0.39, 0.29) is 12.0 Å². The molecule has 1 aromatic carbocycles. The van der Waals surface area contributed by atoms with Gasteiger partial charge in [0.1, 0.15) is 23.4 Å². The quantitative estimate of drug-likeness (QED) is 0.805. The molecule has 2 aromatic rings. The summed E-state index contributed by atoms with van der Waals surface area (Å²) in [6.07, 6.45) is 5.00.